The van der Waals surface area contributed by atoms with Crippen LogP contribution in [0, 0.1) is 11.6 Å². The number of nitrogens with zero attached hydrogens (tertiary/aromatic N) is 1. The van der Waals surface area contributed by atoms with Crippen molar-refractivity contribution in [1.82, 2.24) is 4.98 Å². The minimum atomic E-state index is -0.697. The number of hydrogen-bond donors (Lipinski definition) is 0. The fraction of sp³-hybridized carbons (Fsp3) is 0.333. The molecule has 126 valence electrons. The number of carbonyl (C=O) groups excluding carboxylic acids is 1. The van der Waals surface area contributed by atoms with Gasteiger partial charge < -0.3 is 9.47 Å². The van der Waals surface area contributed by atoms with Crippen molar-refractivity contribution in [2.24, 2.45) is 0 Å². The van der Waals surface area contributed by atoms with Crippen LogP contribution in [0.25, 0.3) is 11.1 Å². The molecule has 2 heterocycles. The summed E-state index contributed by atoms with van der Waals surface area (Å²) >= 11 is 0. The average molecular weight is 333 g/mol. The van der Waals surface area contributed by atoms with E-state index in [2.05, 4.69) is 4.98 Å². The highest BCUT2D eigenvalue weighted by Gasteiger charge is 2.25. The molecule has 0 bridgehead atoms. The first-order chi connectivity index (χ1) is 11.5. The largest absolute Gasteiger partial charge is 0.474 e. The number of fused-ring (bicyclic) bond motifs is 1. The van der Waals surface area contributed by atoms with Gasteiger partial charge in [0, 0.05) is 17.2 Å². The van der Waals surface area contributed by atoms with Gasteiger partial charge in [-0.15, -0.1) is 0 Å². The van der Waals surface area contributed by atoms with Crippen LogP contribution in [0.1, 0.15) is 36.3 Å². The van der Waals surface area contributed by atoms with Gasteiger partial charge in [0.25, 0.3) is 0 Å². The van der Waals surface area contributed by atoms with E-state index in [4.69, 9.17) is 9.47 Å². The fourth-order valence-corrected chi connectivity index (χ4v) is 2.74. The molecule has 0 radical (unpaired) electrons. The second-order valence-electron chi connectivity index (χ2n) is 5.65. The summed E-state index contributed by atoms with van der Waals surface area (Å²) in [5, 5.41) is 0. The van der Waals surface area contributed by atoms with Gasteiger partial charge in [0.05, 0.1) is 12.7 Å². The quantitative estimate of drug-likeness (QED) is 0.799. The van der Waals surface area contributed by atoms with Gasteiger partial charge in [-0.25, -0.2) is 18.6 Å². The molecule has 2 aromatic rings. The summed E-state index contributed by atoms with van der Waals surface area (Å²) in [4.78, 5) is 16.3. The van der Waals surface area contributed by atoms with Gasteiger partial charge in [-0.1, -0.05) is 0 Å². The van der Waals surface area contributed by atoms with E-state index >= 15 is 0 Å². The van der Waals surface area contributed by atoms with E-state index in [1.54, 1.807) is 6.92 Å². The summed E-state index contributed by atoms with van der Waals surface area (Å²) < 4.78 is 38.1. The lowest BCUT2D eigenvalue weighted by Crippen LogP contribution is -2.22. The Kier molecular flexibility index (Phi) is 4.46. The number of rotatable bonds is 3. The Balaban J connectivity index is 2.17. The van der Waals surface area contributed by atoms with Crippen molar-refractivity contribution in [2.75, 3.05) is 6.61 Å². The number of esters is 1. The number of ether oxygens (including phenoxy) is 2. The van der Waals surface area contributed by atoms with E-state index < -0.39 is 17.6 Å². The Bertz CT molecular complexity index is 792. The lowest BCUT2D eigenvalue weighted by atomic mass is 9.94. The summed E-state index contributed by atoms with van der Waals surface area (Å²) in [5.74, 6) is -1.66. The molecule has 0 fully saturated rings. The topological polar surface area (TPSA) is 48.4 Å². The summed E-state index contributed by atoms with van der Waals surface area (Å²) in [6, 6.07) is 4.83. The first-order valence-electron chi connectivity index (χ1n) is 7.82. The number of halogens is 2. The fourth-order valence-electron chi connectivity index (χ4n) is 2.74. The summed E-state index contributed by atoms with van der Waals surface area (Å²) in [6.45, 7) is 3.80. The van der Waals surface area contributed by atoms with E-state index in [9.17, 15) is 13.6 Å². The van der Waals surface area contributed by atoms with Crippen LogP contribution in [0.3, 0.4) is 0 Å². The SMILES string of the molecule is CCOC(=O)c1cc(-c2ccc(F)cc2F)c2c(n1)O[C@H](C)CC2. The maximum Gasteiger partial charge on any atom is 0.357 e. The molecule has 0 unspecified atom stereocenters. The molecule has 0 N–H and O–H groups in total. The van der Waals surface area contributed by atoms with Crippen molar-refractivity contribution in [3.8, 4) is 17.0 Å². The summed E-state index contributed by atoms with van der Waals surface area (Å²) in [7, 11) is 0. The van der Waals surface area contributed by atoms with Gasteiger partial charge in [0.1, 0.15) is 11.6 Å². The molecule has 24 heavy (non-hydrogen) atoms. The van der Waals surface area contributed by atoms with Gasteiger partial charge in [0.2, 0.25) is 5.88 Å². The zero-order valence-electron chi connectivity index (χ0n) is 13.4. The normalized spacial score (nSPS) is 16.2. The molecule has 1 aromatic heterocycles. The highest BCUT2D eigenvalue weighted by Crippen LogP contribution is 2.36. The van der Waals surface area contributed by atoms with E-state index in [1.165, 1.54) is 18.2 Å². The lowest BCUT2D eigenvalue weighted by molar-refractivity contribution is 0.0517. The second-order valence-corrected chi connectivity index (χ2v) is 5.65. The number of aromatic nitrogens is 1. The van der Waals surface area contributed by atoms with E-state index in [1.807, 2.05) is 6.92 Å². The molecule has 6 heteroatoms. The first kappa shape index (κ1) is 16.4. The number of benzene rings is 1. The van der Waals surface area contributed by atoms with Gasteiger partial charge in [-0.05, 0) is 50.5 Å². The Hall–Kier alpha value is -2.50. The molecule has 0 saturated carbocycles. The van der Waals surface area contributed by atoms with Crippen LogP contribution in [-0.4, -0.2) is 23.7 Å². The second kappa shape index (κ2) is 6.55. The molecule has 4 nitrogen and oxygen atoms in total. The molecular weight excluding hydrogens is 316 g/mol. The third kappa shape index (κ3) is 3.09. The Morgan fingerprint density at radius 3 is 2.83 bits per heavy atom. The minimum absolute atomic E-state index is 0.0448. The minimum Gasteiger partial charge on any atom is -0.474 e. The average Bonchev–Trinajstić information content (AvgIpc) is 2.54. The van der Waals surface area contributed by atoms with Crippen molar-refractivity contribution < 1.29 is 23.0 Å². The lowest BCUT2D eigenvalue weighted by Gasteiger charge is -2.25. The molecule has 1 aliphatic heterocycles. The highest BCUT2D eigenvalue weighted by atomic mass is 19.1. The van der Waals surface area contributed by atoms with E-state index in [0.717, 1.165) is 12.5 Å². The molecule has 1 atom stereocenters. The molecule has 1 aliphatic rings. The zero-order chi connectivity index (χ0) is 17.3. The van der Waals surface area contributed by atoms with Crippen molar-refractivity contribution >= 4 is 5.97 Å². The maximum absolute atomic E-state index is 14.2. The van der Waals surface area contributed by atoms with Gasteiger partial charge >= 0.3 is 5.97 Å². The van der Waals surface area contributed by atoms with Crippen LogP contribution >= 0.6 is 0 Å². The van der Waals surface area contributed by atoms with Crippen LogP contribution in [0.4, 0.5) is 8.78 Å². The summed E-state index contributed by atoms with van der Waals surface area (Å²) in [6.07, 6.45) is 1.34. The first-order valence-corrected chi connectivity index (χ1v) is 7.82. The van der Waals surface area contributed by atoms with Crippen molar-refractivity contribution in [1.29, 1.82) is 0 Å². The van der Waals surface area contributed by atoms with Crippen LogP contribution in [0.5, 0.6) is 5.88 Å². The maximum atomic E-state index is 14.2. The predicted octanol–water partition coefficient (Wildman–Crippen LogP) is 3.92. The smallest absolute Gasteiger partial charge is 0.357 e. The van der Waals surface area contributed by atoms with Crippen molar-refractivity contribution in [3.05, 3.63) is 47.2 Å². The molecule has 0 amide bonds. The molecule has 3 rings (SSSR count). The standard InChI is InChI=1S/C18H17F2NO3/c1-3-23-18(22)16-9-14(12-7-5-11(19)8-15(12)20)13-6-4-10(2)24-17(13)21-16/h5,7-10H,3-4,6H2,1-2H3/t10-/m1/s1. The Morgan fingerprint density at radius 2 is 2.12 bits per heavy atom. The summed E-state index contributed by atoms with van der Waals surface area (Å²) in [5.41, 5.74) is 1.45. The molecular formula is C18H17F2NO3. The van der Waals surface area contributed by atoms with Gasteiger partial charge in [-0.3, -0.25) is 0 Å². The van der Waals surface area contributed by atoms with E-state index in [-0.39, 0.29) is 24.0 Å². The predicted molar refractivity (Wildman–Crippen MR) is 84.0 cm³/mol. The molecule has 0 saturated heterocycles. The molecule has 1 aromatic carbocycles. The number of carbonyl (C=O) groups is 1. The molecule has 0 spiro atoms. The highest BCUT2D eigenvalue weighted by molar-refractivity contribution is 5.90. The van der Waals surface area contributed by atoms with Crippen molar-refractivity contribution in [2.45, 2.75) is 32.8 Å². The molecule has 0 aliphatic carbocycles. The van der Waals surface area contributed by atoms with Crippen LogP contribution in [0.2, 0.25) is 0 Å². The van der Waals surface area contributed by atoms with Crippen LogP contribution in [0.15, 0.2) is 24.3 Å². The van der Waals surface area contributed by atoms with Crippen LogP contribution in [-0.2, 0) is 11.2 Å². The van der Waals surface area contributed by atoms with Crippen molar-refractivity contribution in [3.63, 3.8) is 0 Å². The number of hydrogen-bond acceptors (Lipinski definition) is 4. The third-order valence-corrected chi connectivity index (χ3v) is 3.91. The zero-order valence-corrected chi connectivity index (χ0v) is 13.4. The Labute approximate surface area is 138 Å². The van der Waals surface area contributed by atoms with Crippen LogP contribution < -0.4 is 4.74 Å². The number of pyridine rings is 1. The third-order valence-electron chi connectivity index (χ3n) is 3.91. The Morgan fingerprint density at radius 1 is 1.33 bits per heavy atom. The monoisotopic (exact) mass is 333 g/mol. The van der Waals surface area contributed by atoms with Gasteiger partial charge in [0.15, 0.2) is 5.69 Å². The van der Waals surface area contributed by atoms with Gasteiger partial charge in [-0.2, -0.15) is 0 Å². The van der Waals surface area contributed by atoms with E-state index in [0.29, 0.717) is 23.4 Å².